The molecule has 1 aromatic carbocycles. The van der Waals surface area contributed by atoms with E-state index in [4.69, 9.17) is 14.0 Å². The lowest BCUT2D eigenvalue weighted by Gasteiger charge is -2.07. The quantitative estimate of drug-likeness (QED) is 0.662. The fourth-order valence-corrected chi connectivity index (χ4v) is 4.34. The lowest BCUT2D eigenvalue weighted by atomic mass is 10.2. The van der Waals surface area contributed by atoms with E-state index < -0.39 is 9.84 Å². The van der Waals surface area contributed by atoms with Crippen molar-refractivity contribution < 1.29 is 22.4 Å². The van der Waals surface area contributed by atoms with Crippen LogP contribution in [0.3, 0.4) is 0 Å². The van der Waals surface area contributed by atoms with Gasteiger partial charge in [0.1, 0.15) is 5.75 Å². The number of nitrogens with zero attached hydrogens (tertiary/aromatic N) is 2. The van der Waals surface area contributed by atoms with E-state index in [0.29, 0.717) is 17.1 Å². The summed E-state index contributed by atoms with van der Waals surface area (Å²) in [5.74, 6) is 1.08. The monoisotopic (exact) mass is 366 g/mol. The van der Waals surface area contributed by atoms with E-state index in [-0.39, 0.29) is 22.4 Å². The number of benzene rings is 1. The molecule has 0 saturated carbocycles. The van der Waals surface area contributed by atoms with E-state index in [9.17, 15) is 8.42 Å². The molecule has 0 radical (unpaired) electrons. The first-order valence-electron chi connectivity index (χ1n) is 6.83. The minimum absolute atomic E-state index is 0.103. The average molecular weight is 366 g/mol. The molecule has 0 N–H and O–H groups in total. The Hall–Kier alpha value is -2.39. The number of rotatable bonds is 6. The first-order chi connectivity index (χ1) is 11.5. The molecule has 0 aliphatic rings. The zero-order valence-corrected chi connectivity index (χ0v) is 14.6. The molecule has 3 aromatic rings. The fraction of sp³-hybridized carbons (Fsp3) is 0.200. The number of aromatic nitrogens is 2. The Morgan fingerprint density at radius 1 is 1.17 bits per heavy atom. The third-order valence-corrected chi connectivity index (χ3v) is 5.71. The molecule has 3 rings (SSSR count). The highest BCUT2D eigenvalue weighted by Crippen LogP contribution is 2.31. The van der Waals surface area contributed by atoms with Crippen LogP contribution < -0.4 is 9.47 Å². The van der Waals surface area contributed by atoms with Crippen molar-refractivity contribution in [3.8, 4) is 23.0 Å². The van der Waals surface area contributed by atoms with E-state index in [1.165, 1.54) is 25.6 Å². The van der Waals surface area contributed by atoms with Crippen molar-refractivity contribution in [3.05, 3.63) is 40.8 Å². The van der Waals surface area contributed by atoms with Gasteiger partial charge in [-0.2, -0.15) is 16.3 Å². The molecule has 0 saturated heterocycles. The minimum atomic E-state index is -3.48. The molecule has 0 aliphatic carbocycles. The number of ether oxygens (including phenoxy) is 2. The van der Waals surface area contributed by atoms with Crippen LogP contribution in [0, 0.1) is 0 Å². The summed E-state index contributed by atoms with van der Waals surface area (Å²) in [4.78, 5) is 4.41. The topological polar surface area (TPSA) is 91.5 Å². The lowest BCUT2D eigenvalue weighted by molar-refractivity contribution is 0.355. The highest BCUT2D eigenvalue weighted by Gasteiger charge is 2.20. The van der Waals surface area contributed by atoms with Crippen LogP contribution in [0.15, 0.2) is 44.4 Å². The predicted molar refractivity (Wildman–Crippen MR) is 88.0 cm³/mol. The summed E-state index contributed by atoms with van der Waals surface area (Å²) in [6.07, 6.45) is 0. The minimum Gasteiger partial charge on any atom is -0.493 e. The first-order valence-corrected chi connectivity index (χ1v) is 9.43. The van der Waals surface area contributed by atoms with Crippen LogP contribution in [-0.4, -0.2) is 32.8 Å². The van der Waals surface area contributed by atoms with Crippen molar-refractivity contribution in [2.75, 3.05) is 14.2 Å². The molecule has 126 valence electrons. The molecule has 0 atom stereocenters. The zero-order chi connectivity index (χ0) is 17.2. The number of hydrogen-bond donors (Lipinski definition) is 0. The maximum absolute atomic E-state index is 12.2. The van der Waals surface area contributed by atoms with Crippen LogP contribution in [0.2, 0.25) is 0 Å². The summed E-state index contributed by atoms with van der Waals surface area (Å²) in [6.45, 7) is 0. The van der Waals surface area contributed by atoms with E-state index in [1.54, 1.807) is 35.0 Å². The Labute approximate surface area is 142 Å². The van der Waals surface area contributed by atoms with Gasteiger partial charge in [0, 0.05) is 10.9 Å². The van der Waals surface area contributed by atoms with Crippen molar-refractivity contribution in [1.82, 2.24) is 10.1 Å². The summed E-state index contributed by atoms with van der Waals surface area (Å²) in [5.41, 5.74) is 0.610. The summed E-state index contributed by atoms with van der Waals surface area (Å²) < 4.78 is 40.0. The van der Waals surface area contributed by atoms with Gasteiger partial charge in [0.15, 0.2) is 27.2 Å². The Bertz CT molecular complexity index is 933. The predicted octanol–water partition coefficient (Wildman–Crippen LogP) is 2.79. The number of hydrogen-bond acceptors (Lipinski definition) is 8. The van der Waals surface area contributed by atoms with Gasteiger partial charge < -0.3 is 14.0 Å². The van der Waals surface area contributed by atoms with Crippen LogP contribution in [0.4, 0.5) is 0 Å². The molecule has 0 bridgehead atoms. The SMILES string of the molecule is COc1ccc(-c2nc(CS(=O)(=O)c3ccsc3)no2)cc1OC. The molecule has 24 heavy (non-hydrogen) atoms. The van der Waals surface area contributed by atoms with Crippen LogP contribution in [0.1, 0.15) is 5.82 Å². The third-order valence-electron chi connectivity index (χ3n) is 3.27. The number of sulfone groups is 1. The fourth-order valence-electron chi connectivity index (χ4n) is 2.08. The van der Waals surface area contributed by atoms with Gasteiger partial charge in [-0.05, 0) is 29.6 Å². The van der Waals surface area contributed by atoms with Crippen molar-refractivity contribution >= 4 is 21.2 Å². The molecule has 0 fully saturated rings. The van der Waals surface area contributed by atoms with Crippen molar-refractivity contribution in [2.45, 2.75) is 10.6 Å². The summed E-state index contributed by atoms with van der Waals surface area (Å²) in [7, 11) is -0.420. The van der Waals surface area contributed by atoms with Crippen molar-refractivity contribution in [1.29, 1.82) is 0 Å². The highest BCUT2D eigenvalue weighted by atomic mass is 32.2. The molecule has 2 heterocycles. The Balaban J connectivity index is 1.86. The Morgan fingerprint density at radius 3 is 2.62 bits per heavy atom. The second-order valence-corrected chi connectivity index (χ2v) is 7.57. The molecule has 0 unspecified atom stereocenters. The average Bonchev–Trinajstić information content (AvgIpc) is 3.25. The molecule has 7 nitrogen and oxygen atoms in total. The van der Waals surface area contributed by atoms with E-state index in [0.717, 1.165) is 0 Å². The molecule has 9 heteroatoms. The molecule has 0 aliphatic heterocycles. The highest BCUT2D eigenvalue weighted by molar-refractivity contribution is 7.90. The van der Waals surface area contributed by atoms with Gasteiger partial charge in [0.25, 0.3) is 5.89 Å². The van der Waals surface area contributed by atoms with Crippen molar-refractivity contribution in [2.24, 2.45) is 0 Å². The largest absolute Gasteiger partial charge is 0.493 e. The van der Waals surface area contributed by atoms with Gasteiger partial charge in [0.05, 0.1) is 19.1 Å². The molecule has 2 aromatic heterocycles. The summed E-state index contributed by atoms with van der Waals surface area (Å²) >= 11 is 1.32. The number of thiophene rings is 1. The maximum Gasteiger partial charge on any atom is 0.258 e. The maximum atomic E-state index is 12.2. The normalized spacial score (nSPS) is 11.4. The lowest BCUT2D eigenvalue weighted by Crippen LogP contribution is -2.05. The van der Waals surface area contributed by atoms with E-state index in [2.05, 4.69) is 10.1 Å². The third kappa shape index (κ3) is 3.26. The molecular formula is C15H14N2O5S2. The Morgan fingerprint density at radius 2 is 1.96 bits per heavy atom. The second-order valence-electron chi connectivity index (χ2n) is 4.80. The van der Waals surface area contributed by atoms with Gasteiger partial charge in [-0.25, -0.2) is 8.42 Å². The van der Waals surface area contributed by atoms with Gasteiger partial charge in [-0.1, -0.05) is 5.16 Å². The van der Waals surface area contributed by atoms with Gasteiger partial charge in [-0.15, -0.1) is 0 Å². The van der Waals surface area contributed by atoms with E-state index in [1.807, 2.05) is 0 Å². The van der Waals surface area contributed by atoms with Crippen LogP contribution in [0.5, 0.6) is 11.5 Å². The standard InChI is InChI=1S/C15H14N2O5S2/c1-20-12-4-3-10(7-13(12)21-2)15-16-14(17-22-15)9-24(18,19)11-5-6-23-8-11/h3-8H,9H2,1-2H3. The summed E-state index contributed by atoms with van der Waals surface area (Å²) in [5, 5.41) is 7.03. The second kappa shape index (κ2) is 6.62. The zero-order valence-electron chi connectivity index (χ0n) is 12.9. The molecule has 0 amide bonds. The Kier molecular flexibility index (Phi) is 4.54. The van der Waals surface area contributed by atoms with Crippen LogP contribution >= 0.6 is 11.3 Å². The number of methoxy groups -OCH3 is 2. The molecule has 0 spiro atoms. The summed E-state index contributed by atoms with van der Waals surface area (Å²) in [6, 6.07) is 6.67. The van der Waals surface area contributed by atoms with Crippen LogP contribution in [0.25, 0.3) is 11.5 Å². The smallest absolute Gasteiger partial charge is 0.258 e. The van der Waals surface area contributed by atoms with Crippen LogP contribution in [-0.2, 0) is 15.6 Å². The van der Waals surface area contributed by atoms with Crippen molar-refractivity contribution in [3.63, 3.8) is 0 Å². The first kappa shape index (κ1) is 16.5. The van der Waals surface area contributed by atoms with Gasteiger partial charge in [0.2, 0.25) is 0 Å². The van der Waals surface area contributed by atoms with Gasteiger partial charge >= 0.3 is 0 Å². The van der Waals surface area contributed by atoms with E-state index >= 15 is 0 Å². The molecular weight excluding hydrogens is 352 g/mol. The van der Waals surface area contributed by atoms with Gasteiger partial charge in [-0.3, -0.25) is 0 Å².